The molecule has 3 unspecified atom stereocenters. The predicted octanol–water partition coefficient (Wildman–Crippen LogP) is 1.99. The number of carbonyl (C=O) groups is 1. The maximum atomic E-state index is 11.2. The summed E-state index contributed by atoms with van der Waals surface area (Å²) in [7, 11) is 0. The molecule has 2 heteroatoms. The van der Waals surface area contributed by atoms with Crippen LogP contribution in [0.4, 0.5) is 0 Å². The molecule has 1 heterocycles. The molecule has 2 saturated carbocycles. The van der Waals surface area contributed by atoms with Crippen LogP contribution in [0.1, 0.15) is 32.6 Å². The molecular weight excluding hydrogens is 164 g/mol. The highest BCUT2D eigenvalue weighted by Crippen LogP contribution is 2.61. The minimum absolute atomic E-state index is 0.0414. The van der Waals surface area contributed by atoms with E-state index in [0.717, 1.165) is 24.4 Å². The van der Waals surface area contributed by atoms with Crippen molar-refractivity contribution in [3.05, 3.63) is 0 Å². The number of carbonyl (C=O) groups excluding carboxylic acids is 1. The molecule has 0 aromatic heterocycles. The van der Waals surface area contributed by atoms with Crippen LogP contribution in [0.2, 0.25) is 0 Å². The maximum absolute atomic E-state index is 11.2. The molecule has 0 aromatic carbocycles. The molecule has 1 saturated heterocycles. The summed E-state index contributed by atoms with van der Waals surface area (Å²) in [6.07, 6.45) is 4.71. The van der Waals surface area contributed by atoms with Gasteiger partial charge in [-0.3, -0.25) is 4.79 Å². The Labute approximate surface area is 78.6 Å². The molecule has 3 rings (SSSR count). The molecule has 0 radical (unpaired) electrons. The van der Waals surface area contributed by atoms with Gasteiger partial charge in [-0.05, 0) is 37.0 Å². The summed E-state index contributed by atoms with van der Waals surface area (Å²) in [6.45, 7) is 3.06. The Morgan fingerprint density at radius 1 is 1.46 bits per heavy atom. The monoisotopic (exact) mass is 180 g/mol. The van der Waals surface area contributed by atoms with E-state index in [-0.39, 0.29) is 11.4 Å². The fourth-order valence-corrected chi connectivity index (χ4v) is 4.11. The summed E-state index contributed by atoms with van der Waals surface area (Å²) in [4.78, 5) is 11.2. The van der Waals surface area contributed by atoms with Gasteiger partial charge in [0.25, 0.3) is 0 Å². The third-order valence-corrected chi connectivity index (χ3v) is 4.48. The molecule has 13 heavy (non-hydrogen) atoms. The van der Waals surface area contributed by atoms with Gasteiger partial charge in [0, 0.05) is 5.41 Å². The van der Waals surface area contributed by atoms with Crippen molar-refractivity contribution in [2.24, 2.45) is 23.2 Å². The molecule has 2 nitrogen and oxygen atoms in total. The third kappa shape index (κ3) is 0.918. The van der Waals surface area contributed by atoms with Gasteiger partial charge >= 0.3 is 5.97 Å². The van der Waals surface area contributed by atoms with Gasteiger partial charge < -0.3 is 4.74 Å². The molecule has 1 aliphatic heterocycles. The first-order valence-electron chi connectivity index (χ1n) is 5.35. The van der Waals surface area contributed by atoms with Gasteiger partial charge in [-0.2, -0.15) is 0 Å². The largest absolute Gasteiger partial charge is 0.465 e. The summed E-state index contributed by atoms with van der Waals surface area (Å²) in [5.74, 6) is 2.55. The molecule has 3 fully saturated rings. The van der Waals surface area contributed by atoms with E-state index in [4.69, 9.17) is 4.74 Å². The lowest BCUT2D eigenvalue weighted by molar-refractivity contribution is -0.137. The normalized spacial score (nSPS) is 53.3. The van der Waals surface area contributed by atoms with Crippen LogP contribution >= 0.6 is 0 Å². The number of fused-ring (bicyclic) bond motifs is 3. The number of cyclic esters (lactones) is 1. The Morgan fingerprint density at radius 2 is 2.31 bits per heavy atom. The van der Waals surface area contributed by atoms with Gasteiger partial charge in [-0.1, -0.05) is 6.92 Å². The van der Waals surface area contributed by atoms with Crippen molar-refractivity contribution in [1.29, 1.82) is 0 Å². The first kappa shape index (κ1) is 7.84. The fraction of sp³-hybridized carbons (Fsp3) is 0.909. The number of ether oxygens (including phenoxy) is 1. The average Bonchev–Trinajstić information content (AvgIpc) is 2.66. The Hall–Kier alpha value is -0.530. The molecule has 1 spiro atoms. The second-order valence-corrected chi connectivity index (χ2v) is 5.33. The van der Waals surface area contributed by atoms with E-state index in [1.165, 1.54) is 19.3 Å². The highest BCUT2D eigenvalue weighted by atomic mass is 16.5. The van der Waals surface area contributed by atoms with Gasteiger partial charge in [0.05, 0.1) is 13.0 Å². The lowest BCUT2D eigenvalue weighted by Gasteiger charge is -2.34. The third-order valence-electron chi connectivity index (χ3n) is 4.48. The first-order chi connectivity index (χ1) is 6.20. The van der Waals surface area contributed by atoms with E-state index in [9.17, 15) is 4.79 Å². The topological polar surface area (TPSA) is 26.3 Å². The van der Waals surface area contributed by atoms with E-state index in [0.29, 0.717) is 6.42 Å². The molecule has 0 aromatic rings. The molecule has 4 atom stereocenters. The second-order valence-electron chi connectivity index (χ2n) is 5.33. The number of rotatable bonds is 0. The van der Waals surface area contributed by atoms with E-state index in [2.05, 4.69) is 6.92 Å². The zero-order valence-electron chi connectivity index (χ0n) is 8.08. The van der Waals surface area contributed by atoms with Crippen molar-refractivity contribution < 1.29 is 9.53 Å². The van der Waals surface area contributed by atoms with Crippen molar-refractivity contribution in [2.45, 2.75) is 32.6 Å². The minimum atomic E-state index is 0.0414. The fourth-order valence-electron chi connectivity index (χ4n) is 4.11. The quantitative estimate of drug-likeness (QED) is 0.533. The van der Waals surface area contributed by atoms with Crippen molar-refractivity contribution >= 4 is 5.97 Å². The van der Waals surface area contributed by atoms with Crippen LogP contribution in [-0.2, 0) is 9.53 Å². The van der Waals surface area contributed by atoms with Crippen LogP contribution in [0.15, 0.2) is 0 Å². The maximum Gasteiger partial charge on any atom is 0.306 e. The van der Waals surface area contributed by atoms with Crippen LogP contribution < -0.4 is 0 Å². The molecule has 3 aliphatic rings. The Morgan fingerprint density at radius 3 is 2.85 bits per heavy atom. The zero-order valence-corrected chi connectivity index (χ0v) is 8.08. The summed E-state index contributed by atoms with van der Waals surface area (Å²) >= 11 is 0. The van der Waals surface area contributed by atoms with Gasteiger partial charge in [-0.25, -0.2) is 0 Å². The standard InChI is InChI=1S/C11H16O2/c1-7-2-8-3-9(7)11(4-8)5-10(12)13-6-11/h7-9H,2-6H2,1H3/t7-,8?,9?,11?/m0/s1. The summed E-state index contributed by atoms with van der Waals surface area (Å²) in [5.41, 5.74) is 0.277. The highest BCUT2D eigenvalue weighted by Gasteiger charge is 2.57. The molecule has 72 valence electrons. The number of esters is 1. The van der Waals surface area contributed by atoms with Gasteiger partial charge in [-0.15, -0.1) is 0 Å². The van der Waals surface area contributed by atoms with Crippen molar-refractivity contribution in [3.8, 4) is 0 Å². The number of hydrogen-bond donors (Lipinski definition) is 0. The molecule has 0 amide bonds. The zero-order chi connectivity index (χ0) is 9.05. The minimum Gasteiger partial charge on any atom is -0.465 e. The van der Waals surface area contributed by atoms with Crippen LogP contribution in [0.5, 0.6) is 0 Å². The van der Waals surface area contributed by atoms with Crippen molar-refractivity contribution in [1.82, 2.24) is 0 Å². The SMILES string of the molecule is C[C@H]1CC2CC1C1(COC(=O)C1)C2. The average molecular weight is 180 g/mol. The lowest BCUT2D eigenvalue weighted by Crippen LogP contribution is -2.32. The predicted molar refractivity (Wildman–Crippen MR) is 48.0 cm³/mol. The van der Waals surface area contributed by atoms with Gasteiger partial charge in [0.1, 0.15) is 0 Å². The Kier molecular flexibility index (Phi) is 1.38. The van der Waals surface area contributed by atoms with E-state index in [1.54, 1.807) is 0 Å². The lowest BCUT2D eigenvalue weighted by atomic mass is 9.68. The second kappa shape index (κ2) is 2.28. The van der Waals surface area contributed by atoms with Crippen LogP contribution in [0, 0.1) is 23.2 Å². The highest BCUT2D eigenvalue weighted by molar-refractivity contribution is 5.72. The van der Waals surface area contributed by atoms with E-state index < -0.39 is 0 Å². The van der Waals surface area contributed by atoms with Crippen LogP contribution in [0.3, 0.4) is 0 Å². The van der Waals surface area contributed by atoms with Crippen molar-refractivity contribution in [2.75, 3.05) is 6.61 Å². The summed E-state index contributed by atoms with van der Waals surface area (Å²) in [5, 5.41) is 0. The van der Waals surface area contributed by atoms with Crippen LogP contribution in [0.25, 0.3) is 0 Å². The smallest absolute Gasteiger partial charge is 0.306 e. The Bertz CT molecular complexity index is 261. The van der Waals surface area contributed by atoms with Crippen LogP contribution in [-0.4, -0.2) is 12.6 Å². The molecule has 2 bridgehead atoms. The number of hydrogen-bond acceptors (Lipinski definition) is 2. The van der Waals surface area contributed by atoms with E-state index >= 15 is 0 Å². The molecule has 2 aliphatic carbocycles. The Balaban J connectivity index is 1.90. The molecule has 0 N–H and O–H groups in total. The first-order valence-corrected chi connectivity index (χ1v) is 5.35. The van der Waals surface area contributed by atoms with E-state index in [1.807, 2.05) is 0 Å². The van der Waals surface area contributed by atoms with Crippen molar-refractivity contribution in [3.63, 3.8) is 0 Å². The summed E-state index contributed by atoms with van der Waals surface area (Å²) in [6, 6.07) is 0. The van der Waals surface area contributed by atoms with Gasteiger partial charge in [0.15, 0.2) is 0 Å². The molecular formula is C11H16O2. The van der Waals surface area contributed by atoms with Gasteiger partial charge in [0.2, 0.25) is 0 Å². The summed E-state index contributed by atoms with van der Waals surface area (Å²) < 4.78 is 5.15.